The number of anilines is 1. The third kappa shape index (κ3) is 4.90. The molecule has 0 fully saturated rings. The number of hydrogen-bond donors (Lipinski definition) is 2. The van der Waals surface area contributed by atoms with Crippen molar-refractivity contribution < 1.29 is 13.2 Å². The maximum atomic E-state index is 11.9. The normalized spacial score (nSPS) is 12.9. The highest BCUT2D eigenvalue weighted by molar-refractivity contribution is 7.91. The van der Waals surface area contributed by atoms with E-state index in [1.165, 1.54) is 0 Å². The minimum Gasteiger partial charge on any atom is -0.399 e. The Morgan fingerprint density at radius 3 is 2.68 bits per heavy atom. The molecule has 3 N–H and O–H groups in total. The quantitative estimate of drug-likeness (QED) is 0.760. The van der Waals surface area contributed by atoms with Gasteiger partial charge in [0.15, 0.2) is 9.84 Å². The number of carbonyl (C=O) groups is 1. The first-order valence-corrected chi connectivity index (χ1v) is 8.01. The Balaban J connectivity index is 2.54. The molecule has 0 bridgehead atoms. The standard InChI is InChI=1S/C13H20N2O3S/c1-3-19(17,18)8-7-15-13(16)10(2)11-5-4-6-12(14)9-11/h4-6,9-10H,3,7-8,14H2,1-2H3,(H,15,16). The minimum absolute atomic E-state index is 0.0289. The molecule has 0 aliphatic heterocycles. The number of nitrogens with one attached hydrogen (secondary N) is 1. The molecular formula is C13H20N2O3S. The molecule has 0 heterocycles. The van der Waals surface area contributed by atoms with Gasteiger partial charge in [-0.15, -0.1) is 0 Å². The number of nitrogens with two attached hydrogens (primary N) is 1. The molecule has 6 heteroatoms. The number of rotatable bonds is 6. The van der Waals surface area contributed by atoms with E-state index in [-0.39, 0.29) is 29.9 Å². The zero-order valence-corrected chi connectivity index (χ0v) is 12.0. The van der Waals surface area contributed by atoms with Crippen LogP contribution >= 0.6 is 0 Å². The third-order valence-electron chi connectivity index (χ3n) is 2.96. The first-order chi connectivity index (χ1) is 8.85. The van der Waals surface area contributed by atoms with E-state index in [1.807, 2.05) is 6.07 Å². The van der Waals surface area contributed by atoms with Crippen molar-refractivity contribution in [1.82, 2.24) is 5.32 Å². The van der Waals surface area contributed by atoms with Crippen LogP contribution in [0.15, 0.2) is 24.3 Å². The van der Waals surface area contributed by atoms with E-state index in [4.69, 9.17) is 5.73 Å². The molecule has 0 aromatic heterocycles. The van der Waals surface area contributed by atoms with Gasteiger partial charge in [0.2, 0.25) is 5.91 Å². The molecule has 1 aromatic carbocycles. The molecule has 0 aliphatic carbocycles. The SMILES string of the molecule is CCS(=O)(=O)CCNC(=O)C(C)c1cccc(N)c1. The summed E-state index contributed by atoms with van der Waals surface area (Å²) in [5, 5.41) is 2.63. The fourth-order valence-corrected chi connectivity index (χ4v) is 2.31. The van der Waals surface area contributed by atoms with Crippen molar-refractivity contribution in [3.8, 4) is 0 Å². The van der Waals surface area contributed by atoms with E-state index in [0.29, 0.717) is 5.69 Å². The number of amides is 1. The van der Waals surface area contributed by atoms with Gasteiger partial charge >= 0.3 is 0 Å². The van der Waals surface area contributed by atoms with Gasteiger partial charge in [-0.05, 0) is 24.6 Å². The lowest BCUT2D eigenvalue weighted by atomic mass is 10.00. The van der Waals surface area contributed by atoms with E-state index in [2.05, 4.69) is 5.32 Å². The van der Waals surface area contributed by atoms with E-state index < -0.39 is 9.84 Å². The fraction of sp³-hybridized carbons (Fsp3) is 0.462. The van der Waals surface area contributed by atoms with Crippen molar-refractivity contribution in [2.75, 3.05) is 23.8 Å². The lowest BCUT2D eigenvalue weighted by Crippen LogP contribution is -2.32. The Morgan fingerprint density at radius 1 is 1.42 bits per heavy atom. The zero-order valence-electron chi connectivity index (χ0n) is 11.2. The van der Waals surface area contributed by atoms with Crippen LogP contribution < -0.4 is 11.1 Å². The van der Waals surface area contributed by atoms with Crippen molar-refractivity contribution in [3.05, 3.63) is 29.8 Å². The van der Waals surface area contributed by atoms with Gasteiger partial charge < -0.3 is 11.1 Å². The molecule has 1 unspecified atom stereocenters. The number of carbonyl (C=O) groups excluding carboxylic acids is 1. The Bertz CT molecular complexity index is 541. The van der Waals surface area contributed by atoms with Crippen molar-refractivity contribution in [3.63, 3.8) is 0 Å². The Labute approximate surface area is 114 Å². The van der Waals surface area contributed by atoms with Crippen LogP contribution in [0.2, 0.25) is 0 Å². The predicted molar refractivity (Wildman–Crippen MR) is 76.6 cm³/mol. The lowest BCUT2D eigenvalue weighted by molar-refractivity contribution is -0.122. The van der Waals surface area contributed by atoms with Crippen molar-refractivity contribution >= 4 is 21.4 Å². The Hall–Kier alpha value is -1.56. The summed E-state index contributed by atoms with van der Waals surface area (Å²) in [6.07, 6.45) is 0. The van der Waals surface area contributed by atoms with Crippen LogP contribution in [0, 0.1) is 0 Å². The van der Waals surface area contributed by atoms with Crippen LogP contribution in [0.1, 0.15) is 25.3 Å². The average molecular weight is 284 g/mol. The maximum absolute atomic E-state index is 11.9. The van der Waals surface area contributed by atoms with Crippen LogP contribution in [0.4, 0.5) is 5.69 Å². The molecule has 1 atom stereocenters. The topological polar surface area (TPSA) is 89.3 Å². The molecule has 0 spiro atoms. The molecular weight excluding hydrogens is 264 g/mol. The largest absolute Gasteiger partial charge is 0.399 e. The van der Waals surface area contributed by atoms with Crippen LogP contribution in [0.5, 0.6) is 0 Å². The van der Waals surface area contributed by atoms with E-state index >= 15 is 0 Å². The monoisotopic (exact) mass is 284 g/mol. The van der Waals surface area contributed by atoms with Gasteiger partial charge in [-0.25, -0.2) is 8.42 Å². The summed E-state index contributed by atoms with van der Waals surface area (Å²) < 4.78 is 22.6. The lowest BCUT2D eigenvalue weighted by Gasteiger charge is -2.13. The summed E-state index contributed by atoms with van der Waals surface area (Å²) in [6.45, 7) is 3.49. The number of nitrogen functional groups attached to an aromatic ring is 1. The third-order valence-corrected chi connectivity index (χ3v) is 4.66. The van der Waals surface area contributed by atoms with Gasteiger partial charge in [0, 0.05) is 18.0 Å². The van der Waals surface area contributed by atoms with Crippen LogP contribution in [0.25, 0.3) is 0 Å². The van der Waals surface area contributed by atoms with Gasteiger partial charge in [0.05, 0.1) is 11.7 Å². The molecule has 0 saturated carbocycles. The summed E-state index contributed by atoms with van der Waals surface area (Å²) in [7, 11) is -3.05. The van der Waals surface area contributed by atoms with Crippen molar-refractivity contribution in [2.45, 2.75) is 19.8 Å². The van der Waals surface area contributed by atoms with Gasteiger partial charge in [0.1, 0.15) is 0 Å². The fourth-order valence-electron chi connectivity index (χ4n) is 1.61. The second-order valence-electron chi connectivity index (χ2n) is 4.42. The predicted octanol–water partition coefficient (Wildman–Crippen LogP) is 0.923. The van der Waals surface area contributed by atoms with E-state index in [1.54, 1.807) is 32.0 Å². The molecule has 1 rings (SSSR count). The van der Waals surface area contributed by atoms with Gasteiger partial charge in [-0.3, -0.25) is 4.79 Å². The molecule has 5 nitrogen and oxygen atoms in total. The van der Waals surface area contributed by atoms with E-state index in [9.17, 15) is 13.2 Å². The van der Waals surface area contributed by atoms with Gasteiger partial charge in [-0.1, -0.05) is 19.1 Å². The molecule has 19 heavy (non-hydrogen) atoms. The molecule has 0 aliphatic rings. The van der Waals surface area contributed by atoms with Crippen LogP contribution in [0.3, 0.4) is 0 Å². The minimum atomic E-state index is -3.05. The van der Waals surface area contributed by atoms with Crippen LogP contribution in [-0.2, 0) is 14.6 Å². The second kappa shape index (κ2) is 6.56. The first kappa shape index (κ1) is 15.5. The Morgan fingerprint density at radius 2 is 2.11 bits per heavy atom. The summed E-state index contributed by atoms with van der Waals surface area (Å²) in [4.78, 5) is 11.9. The summed E-state index contributed by atoms with van der Waals surface area (Å²) in [6, 6.07) is 7.11. The maximum Gasteiger partial charge on any atom is 0.227 e. The van der Waals surface area contributed by atoms with Crippen molar-refractivity contribution in [2.24, 2.45) is 0 Å². The van der Waals surface area contributed by atoms with E-state index in [0.717, 1.165) is 5.56 Å². The number of sulfone groups is 1. The Kier molecular flexibility index (Phi) is 5.35. The number of hydrogen-bond acceptors (Lipinski definition) is 4. The molecule has 106 valence electrons. The van der Waals surface area contributed by atoms with Crippen molar-refractivity contribution in [1.29, 1.82) is 0 Å². The van der Waals surface area contributed by atoms with Crippen LogP contribution in [-0.4, -0.2) is 32.4 Å². The second-order valence-corrected chi connectivity index (χ2v) is 6.89. The number of benzene rings is 1. The molecule has 1 amide bonds. The van der Waals surface area contributed by atoms with Gasteiger partial charge in [-0.2, -0.15) is 0 Å². The average Bonchev–Trinajstić information content (AvgIpc) is 2.37. The highest BCUT2D eigenvalue weighted by Gasteiger charge is 2.16. The summed E-state index contributed by atoms with van der Waals surface area (Å²) in [5.74, 6) is -0.489. The first-order valence-electron chi connectivity index (χ1n) is 6.19. The molecule has 0 saturated heterocycles. The summed E-state index contributed by atoms with van der Waals surface area (Å²) >= 11 is 0. The smallest absolute Gasteiger partial charge is 0.227 e. The highest BCUT2D eigenvalue weighted by atomic mass is 32.2. The zero-order chi connectivity index (χ0) is 14.5. The highest BCUT2D eigenvalue weighted by Crippen LogP contribution is 2.17. The molecule has 1 aromatic rings. The summed E-state index contributed by atoms with van der Waals surface area (Å²) in [5.41, 5.74) is 7.08. The van der Waals surface area contributed by atoms with Gasteiger partial charge in [0.25, 0.3) is 0 Å². The molecule has 0 radical (unpaired) electrons.